The van der Waals surface area contributed by atoms with Crippen LogP contribution in [0.15, 0.2) is 12.3 Å². The predicted molar refractivity (Wildman–Crippen MR) is 83.2 cm³/mol. The Bertz CT molecular complexity index is 536. The van der Waals surface area contributed by atoms with Crippen LogP contribution in [0, 0.1) is 0 Å². The molecule has 0 radical (unpaired) electrons. The van der Waals surface area contributed by atoms with E-state index < -0.39 is 43.5 Å². The summed E-state index contributed by atoms with van der Waals surface area (Å²) >= 11 is 5.75. The number of carbonyl (C=O) groups is 1. The van der Waals surface area contributed by atoms with E-state index in [1.165, 1.54) is 19.9 Å². The standard InChI is InChI=1S/C14H20ClF2N3O3/c1-14(2,23)11(17)6-19-13(22)9-5-18-12(15)3-10(9)20-8(4-16)7-21/h3,5,8,11,21,23H,4,6-7H2,1-2H3,(H,18,20)(H,19,22)/t8?,11-/m1/s1. The minimum Gasteiger partial charge on any atom is -0.394 e. The first-order valence-corrected chi connectivity index (χ1v) is 7.30. The molecule has 1 aromatic heterocycles. The van der Waals surface area contributed by atoms with Crippen LogP contribution in [0.25, 0.3) is 0 Å². The number of hydrogen-bond acceptors (Lipinski definition) is 5. The van der Waals surface area contributed by atoms with Crippen LogP contribution in [-0.4, -0.2) is 58.7 Å². The maximum Gasteiger partial charge on any atom is 0.255 e. The molecule has 1 heterocycles. The molecule has 0 saturated heterocycles. The maximum atomic E-state index is 13.7. The Morgan fingerprint density at radius 1 is 1.52 bits per heavy atom. The second-order valence-corrected chi connectivity index (χ2v) is 5.95. The average molecular weight is 352 g/mol. The van der Waals surface area contributed by atoms with Crippen molar-refractivity contribution in [2.75, 3.05) is 25.1 Å². The van der Waals surface area contributed by atoms with Gasteiger partial charge in [0.1, 0.15) is 18.0 Å². The number of aromatic nitrogens is 1. The fourth-order valence-corrected chi connectivity index (χ4v) is 1.77. The molecule has 1 rings (SSSR count). The fourth-order valence-electron chi connectivity index (χ4n) is 1.61. The zero-order chi connectivity index (χ0) is 17.6. The van der Waals surface area contributed by atoms with Crippen LogP contribution in [0.4, 0.5) is 14.5 Å². The molecule has 0 spiro atoms. The molecule has 6 nitrogen and oxygen atoms in total. The highest BCUT2D eigenvalue weighted by Gasteiger charge is 2.27. The van der Waals surface area contributed by atoms with Gasteiger partial charge in [0.25, 0.3) is 5.91 Å². The third-order valence-electron chi connectivity index (χ3n) is 3.09. The van der Waals surface area contributed by atoms with Gasteiger partial charge in [-0.1, -0.05) is 11.6 Å². The number of amides is 1. The number of nitrogens with zero attached hydrogens (tertiary/aromatic N) is 1. The first kappa shape index (κ1) is 19.5. The van der Waals surface area contributed by atoms with Gasteiger partial charge in [-0.2, -0.15) is 0 Å². The maximum absolute atomic E-state index is 13.7. The van der Waals surface area contributed by atoms with Gasteiger partial charge in [0.05, 0.1) is 36.0 Å². The third kappa shape index (κ3) is 5.89. The summed E-state index contributed by atoms with van der Waals surface area (Å²) in [5.41, 5.74) is -1.41. The van der Waals surface area contributed by atoms with Crippen LogP contribution in [0.5, 0.6) is 0 Å². The number of alkyl halides is 2. The van der Waals surface area contributed by atoms with Crippen LogP contribution in [-0.2, 0) is 0 Å². The molecule has 1 amide bonds. The summed E-state index contributed by atoms with van der Waals surface area (Å²) in [6.45, 7) is 0.823. The van der Waals surface area contributed by atoms with Gasteiger partial charge in [0, 0.05) is 6.20 Å². The molecule has 9 heteroatoms. The number of pyridine rings is 1. The molecule has 0 bridgehead atoms. The van der Waals surface area contributed by atoms with Crippen molar-refractivity contribution in [3.05, 3.63) is 23.0 Å². The third-order valence-corrected chi connectivity index (χ3v) is 3.30. The number of aliphatic hydroxyl groups excluding tert-OH is 1. The van der Waals surface area contributed by atoms with Crippen molar-refractivity contribution in [3.63, 3.8) is 0 Å². The Hall–Kier alpha value is -1.51. The molecule has 4 N–H and O–H groups in total. The van der Waals surface area contributed by atoms with E-state index in [1.54, 1.807) is 0 Å². The van der Waals surface area contributed by atoms with E-state index in [-0.39, 0.29) is 16.4 Å². The van der Waals surface area contributed by atoms with E-state index in [0.717, 1.165) is 6.20 Å². The van der Waals surface area contributed by atoms with Crippen molar-refractivity contribution in [1.82, 2.24) is 10.3 Å². The molecule has 0 saturated carbocycles. The first-order chi connectivity index (χ1) is 10.7. The summed E-state index contributed by atoms with van der Waals surface area (Å²) in [6, 6.07) is 0.392. The SMILES string of the molecule is CC(C)(O)[C@H](F)CNC(=O)c1cnc(Cl)cc1NC(CO)CF. The summed E-state index contributed by atoms with van der Waals surface area (Å²) < 4.78 is 26.4. The zero-order valence-electron chi connectivity index (χ0n) is 12.8. The van der Waals surface area contributed by atoms with Gasteiger partial charge in [-0.15, -0.1) is 0 Å². The quantitative estimate of drug-likeness (QED) is 0.530. The number of carbonyl (C=O) groups excluding carboxylic acids is 1. The number of rotatable bonds is 8. The average Bonchev–Trinajstić information content (AvgIpc) is 2.48. The number of anilines is 1. The number of halogens is 3. The molecule has 0 aliphatic heterocycles. The Morgan fingerprint density at radius 2 is 2.17 bits per heavy atom. The lowest BCUT2D eigenvalue weighted by molar-refractivity contribution is -0.00177. The van der Waals surface area contributed by atoms with Gasteiger partial charge in [0.15, 0.2) is 0 Å². The molecule has 1 unspecified atom stereocenters. The summed E-state index contributed by atoms with van der Waals surface area (Å²) in [6.07, 6.45) is -0.511. The number of hydrogen-bond donors (Lipinski definition) is 4. The molecule has 130 valence electrons. The van der Waals surface area contributed by atoms with Gasteiger partial charge in [-0.25, -0.2) is 13.8 Å². The Labute approximate surface area is 137 Å². The molecule has 0 aliphatic rings. The molecule has 0 aromatic carbocycles. The molecule has 23 heavy (non-hydrogen) atoms. The highest BCUT2D eigenvalue weighted by molar-refractivity contribution is 6.29. The van der Waals surface area contributed by atoms with Crippen LogP contribution >= 0.6 is 11.6 Å². The van der Waals surface area contributed by atoms with E-state index in [1.807, 2.05) is 0 Å². The molecular weight excluding hydrogens is 332 g/mol. The molecule has 1 aromatic rings. The monoisotopic (exact) mass is 351 g/mol. The summed E-state index contributed by atoms with van der Waals surface area (Å²) in [4.78, 5) is 15.9. The Morgan fingerprint density at radius 3 is 2.70 bits per heavy atom. The van der Waals surface area contributed by atoms with Crippen LogP contribution < -0.4 is 10.6 Å². The second-order valence-electron chi connectivity index (χ2n) is 5.56. The van der Waals surface area contributed by atoms with Crippen LogP contribution in [0.1, 0.15) is 24.2 Å². The van der Waals surface area contributed by atoms with E-state index in [2.05, 4.69) is 15.6 Å². The van der Waals surface area contributed by atoms with E-state index >= 15 is 0 Å². The highest BCUT2D eigenvalue weighted by atomic mass is 35.5. The normalized spacial score (nSPS) is 14.2. The van der Waals surface area contributed by atoms with Crippen molar-refractivity contribution in [2.45, 2.75) is 31.7 Å². The van der Waals surface area contributed by atoms with E-state index in [4.69, 9.17) is 16.7 Å². The summed E-state index contributed by atoms with van der Waals surface area (Å²) in [5.74, 6) is -0.667. The fraction of sp³-hybridized carbons (Fsp3) is 0.571. The van der Waals surface area contributed by atoms with Crippen molar-refractivity contribution in [1.29, 1.82) is 0 Å². The van der Waals surface area contributed by atoms with Crippen molar-refractivity contribution >= 4 is 23.2 Å². The minimum absolute atomic E-state index is 0.0178. The number of aliphatic hydroxyl groups is 2. The predicted octanol–water partition coefficient (Wildman–Crippen LogP) is 1.32. The van der Waals surface area contributed by atoms with Gasteiger partial charge >= 0.3 is 0 Å². The molecule has 2 atom stereocenters. The lowest BCUT2D eigenvalue weighted by atomic mass is 10.0. The largest absolute Gasteiger partial charge is 0.394 e. The Balaban J connectivity index is 2.87. The van der Waals surface area contributed by atoms with Crippen LogP contribution in [0.3, 0.4) is 0 Å². The first-order valence-electron chi connectivity index (χ1n) is 6.92. The summed E-state index contributed by atoms with van der Waals surface area (Å²) in [5, 5.41) is 23.6. The Kier molecular flexibility index (Phi) is 7.11. The van der Waals surface area contributed by atoms with Gasteiger partial charge in [-0.3, -0.25) is 4.79 Å². The lowest BCUT2D eigenvalue weighted by Crippen LogP contribution is -2.42. The molecule has 0 fully saturated rings. The van der Waals surface area contributed by atoms with Gasteiger partial charge < -0.3 is 20.8 Å². The van der Waals surface area contributed by atoms with Gasteiger partial charge in [-0.05, 0) is 19.9 Å². The van der Waals surface area contributed by atoms with E-state index in [9.17, 15) is 18.7 Å². The topological polar surface area (TPSA) is 94.5 Å². The van der Waals surface area contributed by atoms with Gasteiger partial charge in [0.2, 0.25) is 0 Å². The second kappa shape index (κ2) is 8.37. The molecular formula is C14H20ClF2N3O3. The smallest absolute Gasteiger partial charge is 0.255 e. The van der Waals surface area contributed by atoms with Crippen molar-refractivity contribution < 1.29 is 23.8 Å². The lowest BCUT2D eigenvalue weighted by Gasteiger charge is -2.23. The van der Waals surface area contributed by atoms with Crippen molar-refractivity contribution in [2.24, 2.45) is 0 Å². The highest BCUT2D eigenvalue weighted by Crippen LogP contribution is 2.20. The summed E-state index contributed by atoms with van der Waals surface area (Å²) in [7, 11) is 0. The van der Waals surface area contributed by atoms with Crippen molar-refractivity contribution in [3.8, 4) is 0 Å². The minimum atomic E-state index is -1.67. The number of nitrogens with one attached hydrogen (secondary N) is 2. The molecule has 0 aliphatic carbocycles. The van der Waals surface area contributed by atoms with E-state index in [0.29, 0.717) is 0 Å². The van der Waals surface area contributed by atoms with Crippen LogP contribution in [0.2, 0.25) is 5.15 Å². The zero-order valence-corrected chi connectivity index (χ0v) is 13.6.